The maximum Gasteiger partial charge on any atom is 0.262 e. The first-order valence-corrected chi connectivity index (χ1v) is 12.5. The van der Waals surface area contributed by atoms with Gasteiger partial charge in [-0.2, -0.15) is 5.26 Å². The Morgan fingerprint density at radius 3 is 2.53 bits per heavy atom. The highest BCUT2D eigenvalue weighted by Crippen LogP contribution is 2.44. The third-order valence-electron chi connectivity index (χ3n) is 6.14. The van der Waals surface area contributed by atoms with Crippen molar-refractivity contribution in [3.8, 4) is 11.8 Å². The SMILES string of the molecule is CC1CCCC1Oc1cc(Cl)c(C#N)cc1NS(=O)(=O)c1cc(C(O)O)ccc1C1CC1. The maximum absolute atomic E-state index is 13.4. The number of halogens is 1. The molecule has 2 aromatic carbocycles. The molecule has 7 nitrogen and oxygen atoms in total. The number of rotatable bonds is 7. The van der Waals surface area contributed by atoms with Gasteiger partial charge in [0.1, 0.15) is 17.9 Å². The standard InChI is InChI=1S/C23H25ClN2O5S/c1-13-3-2-4-20(13)31-21-11-18(24)16(12-25)9-19(21)26-32(29,30)22-10-15(23(27)28)7-8-17(22)14-5-6-14/h7-11,13-14,20,23,26-28H,2-6H2,1H3. The summed E-state index contributed by atoms with van der Waals surface area (Å²) in [5.74, 6) is 0.696. The van der Waals surface area contributed by atoms with Gasteiger partial charge in [-0.1, -0.05) is 30.7 Å². The number of hydrogen-bond acceptors (Lipinski definition) is 6. The van der Waals surface area contributed by atoms with Crippen molar-refractivity contribution in [3.05, 3.63) is 52.0 Å². The lowest BCUT2D eigenvalue weighted by Gasteiger charge is -2.22. The number of aliphatic hydroxyl groups excluding tert-OH is 1. The van der Waals surface area contributed by atoms with E-state index in [1.54, 1.807) is 6.07 Å². The second-order valence-electron chi connectivity index (χ2n) is 8.56. The second kappa shape index (κ2) is 8.91. The first-order chi connectivity index (χ1) is 15.2. The summed E-state index contributed by atoms with van der Waals surface area (Å²) in [7, 11) is -4.12. The van der Waals surface area contributed by atoms with Gasteiger partial charge in [-0.05, 0) is 61.6 Å². The van der Waals surface area contributed by atoms with Crippen LogP contribution < -0.4 is 9.46 Å². The van der Waals surface area contributed by atoms with Crippen molar-refractivity contribution in [3.63, 3.8) is 0 Å². The molecule has 2 aliphatic carbocycles. The van der Waals surface area contributed by atoms with Crippen LogP contribution in [0.15, 0.2) is 35.2 Å². The number of nitrogens with one attached hydrogen (secondary N) is 1. The van der Waals surface area contributed by atoms with E-state index in [0.29, 0.717) is 11.5 Å². The van der Waals surface area contributed by atoms with Crippen LogP contribution in [0.5, 0.6) is 5.75 Å². The first kappa shape index (κ1) is 22.9. The number of nitrogens with zero attached hydrogens (tertiary/aromatic N) is 1. The third-order valence-corrected chi connectivity index (χ3v) is 7.87. The smallest absolute Gasteiger partial charge is 0.262 e. The van der Waals surface area contributed by atoms with Gasteiger partial charge in [-0.15, -0.1) is 0 Å². The Morgan fingerprint density at radius 2 is 1.94 bits per heavy atom. The first-order valence-electron chi connectivity index (χ1n) is 10.6. The largest absolute Gasteiger partial charge is 0.488 e. The minimum absolute atomic E-state index is 0.0146. The van der Waals surface area contributed by atoms with Crippen LogP contribution in [0.1, 0.15) is 67.9 Å². The fourth-order valence-corrected chi connectivity index (χ4v) is 5.73. The topological polar surface area (TPSA) is 120 Å². The highest BCUT2D eigenvalue weighted by atomic mass is 35.5. The van der Waals surface area contributed by atoms with Crippen LogP contribution in [-0.4, -0.2) is 24.7 Å². The molecule has 2 saturated carbocycles. The average molecular weight is 477 g/mol. The summed E-state index contributed by atoms with van der Waals surface area (Å²) < 4.78 is 35.5. The normalized spacial score (nSPS) is 20.9. The van der Waals surface area contributed by atoms with Crippen LogP contribution >= 0.6 is 11.6 Å². The molecule has 0 aliphatic heterocycles. The zero-order chi connectivity index (χ0) is 23.0. The molecule has 2 aromatic rings. The second-order valence-corrected chi connectivity index (χ2v) is 10.6. The molecule has 0 saturated heterocycles. The molecule has 4 rings (SSSR count). The Labute approximate surface area is 192 Å². The fraction of sp³-hybridized carbons (Fsp3) is 0.435. The number of sulfonamides is 1. The van der Waals surface area contributed by atoms with Crippen molar-refractivity contribution in [2.24, 2.45) is 5.92 Å². The summed E-state index contributed by atoms with van der Waals surface area (Å²) >= 11 is 6.21. The number of aliphatic hydroxyl groups is 2. The van der Waals surface area contributed by atoms with Gasteiger partial charge in [0.15, 0.2) is 6.29 Å². The zero-order valence-corrected chi connectivity index (χ0v) is 19.2. The predicted molar refractivity (Wildman–Crippen MR) is 120 cm³/mol. The monoisotopic (exact) mass is 476 g/mol. The van der Waals surface area contributed by atoms with Crippen molar-refractivity contribution in [1.82, 2.24) is 0 Å². The highest BCUT2D eigenvalue weighted by Gasteiger charge is 2.32. The molecule has 9 heteroatoms. The Balaban J connectivity index is 1.74. The lowest BCUT2D eigenvalue weighted by atomic mass is 10.1. The average Bonchev–Trinajstić information content (AvgIpc) is 3.52. The molecule has 2 aliphatic rings. The molecule has 32 heavy (non-hydrogen) atoms. The van der Waals surface area contributed by atoms with Crippen molar-refractivity contribution in [2.45, 2.75) is 62.2 Å². The van der Waals surface area contributed by atoms with Gasteiger partial charge in [-0.3, -0.25) is 4.72 Å². The summed E-state index contributed by atoms with van der Waals surface area (Å²) in [5, 5.41) is 28.7. The summed E-state index contributed by atoms with van der Waals surface area (Å²) in [6.45, 7) is 2.08. The molecule has 3 N–H and O–H groups in total. The molecular formula is C23H25ClN2O5S. The quantitative estimate of drug-likeness (QED) is 0.508. The molecule has 0 spiro atoms. The van der Waals surface area contributed by atoms with Gasteiger partial charge >= 0.3 is 0 Å². The van der Waals surface area contributed by atoms with E-state index in [2.05, 4.69) is 11.6 Å². The fourth-order valence-electron chi connectivity index (χ4n) is 4.14. The molecule has 2 unspecified atom stereocenters. The lowest BCUT2D eigenvalue weighted by Crippen LogP contribution is -2.21. The molecule has 2 atom stereocenters. The van der Waals surface area contributed by atoms with Crippen molar-refractivity contribution in [1.29, 1.82) is 5.26 Å². The van der Waals surface area contributed by atoms with Gasteiger partial charge in [0.05, 0.1) is 21.2 Å². The van der Waals surface area contributed by atoms with Crippen molar-refractivity contribution in [2.75, 3.05) is 4.72 Å². The van der Waals surface area contributed by atoms with E-state index in [1.165, 1.54) is 24.3 Å². The Bertz CT molecular complexity index is 1170. The molecular weight excluding hydrogens is 452 g/mol. The number of anilines is 1. The number of ether oxygens (including phenoxy) is 1. The molecule has 0 radical (unpaired) electrons. The molecule has 0 bridgehead atoms. The van der Waals surface area contributed by atoms with Crippen LogP contribution in [0.4, 0.5) is 5.69 Å². The van der Waals surface area contributed by atoms with Gasteiger partial charge in [0.2, 0.25) is 0 Å². The third kappa shape index (κ3) is 4.71. The van der Waals surface area contributed by atoms with Crippen molar-refractivity contribution < 1.29 is 23.4 Å². The van der Waals surface area contributed by atoms with E-state index in [9.17, 15) is 23.9 Å². The van der Waals surface area contributed by atoms with E-state index in [4.69, 9.17) is 16.3 Å². The Morgan fingerprint density at radius 1 is 1.19 bits per heavy atom. The Hall–Kier alpha value is -2.31. The lowest BCUT2D eigenvalue weighted by molar-refractivity contribution is -0.0426. The van der Waals surface area contributed by atoms with E-state index in [1.807, 2.05) is 6.07 Å². The molecule has 0 aromatic heterocycles. The van der Waals surface area contributed by atoms with Gasteiger partial charge in [-0.25, -0.2) is 8.42 Å². The van der Waals surface area contributed by atoms with Crippen LogP contribution in [0.25, 0.3) is 0 Å². The van der Waals surface area contributed by atoms with Crippen LogP contribution in [0, 0.1) is 17.2 Å². The van der Waals surface area contributed by atoms with Crippen LogP contribution in [-0.2, 0) is 10.0 Å². The summed E-state index contributed by atoms with van der Waals surface area (Å²) in [4.78, 5) is -0.0146. The number of hydrogen-bond donors (Lipinski definition) is 3. The molecule has 170 valence electrons. The van der Waals surface area contributed by atoms with Crippen LogP contribution in [0.2, 0.25) is 5.02 Å². The molecule has 0 amide bonds. The minimum atomic E-state index is -4.12. The van der Waals surface area contributed by atoms with Crippen molar-refractivity contribution >= 4 is 27.3 Å². The summed E-state index contributed by atoms with van der Waals surface area (Å²) in [6, 6.07) is 9.23. The van der Waals surface area contributed by atoms with Gasteiger partial charge in [0.25, 0.3) is 10.0 Å². The number of benzene rings is 2. The zero-order valence-electron chi connectivity index (χ0n) is 17.6. The van der Waals surface area contributed by atoms with E-state index in [0.717, 1.165) is 32.1 Å². The minimum Gasteiger partial charge on any atom is -0.488 e. The van der Waals surface area contributed by atoms with E-state index < -0.39 is 16.3 Å². The molecule has 0 heterocycles. The highest BCUT2D eigenvalue weighted by molar-refractivity contribution is 7.92. The predicted octanol–water partition coefficient (Wildman–Crippen LogP) is 4.44. The summed E-state index contributed by atoms with van der Waals surface area (Å²) in [6.07, 6.45) is 2.79. The summed E-state index contributed by atoms with van der Waals surface area (Å²) in [5.41, 5.74) is 0.961. The number of nitriles is 1. The van der Waals surface area contributed by atoms with Crippen LogP contribution in [0.3, 0.4) is 0 Å². The Kier molecular flexibility index (Phi) is 6.37. The van der Waals surface area contributed by atoms with E-state index in [-0.39, 0.29) is 44.5 Å². The van der Waals surface area contributed by atoms with Gasteiger partial charge in [0, 0.05) is 11.6 Å². The van der Waals surface area contributed by atoms with E-state index >= 15 is 0 Å². The molecule has 2 fully saturated rings. The van der Waals surface area contributed by atoms with Gasteiger partial charge < -0.3 is 14.9 Å². The maximum atomic E-state index is 13.4.